The molecule has 1 fully saturated rings. The largest absolute Gasteiger partial charge is 0.322 e. The predicted octanol–water partition coefficient (Wildman–Crippen LogP) is 0.676. The molecule has 0 radical (unpaired) electrons. The van der Waals surface area contributed by atoms with Gasteiger partial charge in [0.25, 0.3) is 0 Å². The van der Waals surface area contributed by atoms with Crippen molar-refractivity contribution in [3.8, 4) is 0 Å². The highest BCUT2D eigenvalue weighted by Gasteiger charge is 2.29. The fourth-order valence-corrected chi connectivity index (χ4v) is 0.490. The standard InChI is InChI=1S/C4H7FO2/c1-4(5)6-2-3-7-4/h2-3H2,1H3. The molecule has 1 rings (SSSR count). The summed E-state index contributed by atoms with van der Waals surface area (Å²) in [5, 5.41) is 0. The Morgan fingerprint density at radius 3 is 2.00 bits per heavy atom. The van der Waals surface area contributed by atoms with Crippen LogP contribution in [0.5, 0.6) is 0 Å². The van der Waals surface area contributed by atoms with Crippen molar-refractivity contribution in [3.63, 3.8) is 0 Å². The maximum absolute atomic E-state index is 12.2. The highest BCUT2D eigenvalue weighted by Crippen LogP contribution is 2.18. The van der Waals surface area contributed by atoms with Crippen LogP contribution in [-0.2, 0) is 9.47 Å². The van der Waals surface area contributed by atoms with E-state index < -0.39 is 6.04 Å². The first-order chi connectivity index (χ1) is 3.21. The van der Waals surface area contributed by atoms with E-state index in [0.29, 0.717) is 13.2 Å². The molecule has 0 unspecified atom stereocenters. The van der Waals surface area contributed by atoms with E-state index in [0.717, 1.165) is 0 Å². The van der Waals surface area contributed by atoms with Gasteiger partial charge in [0.05, 0.1) is 13.2 Å². The van der Waals surface area contributed by atoms with E-state index in [1.165, 1.54) is 6.92 Å². The number of halogens is 1. The molecule has 0 aliphatic carbocycles. The van der Waals surface area contributed by atoms with Gasteiger partial charge in [0, 0.05) is 6.92 Å². The van der Waals surface area contributed by atoms with Crippen molar-refractivity contribution in [2.45, 2.75) is 13.0 Å². The lowest BCUT2D eigenvalue weighted by Gasteiger charge is -2.08. The number of hydrogen-bond donors (Lipinski definition) is 0. The Kier molecular flexibility index (Phi) is 1.01. The van der Waals surface area contributed by atoms with E-state index in [2.05, 4.69) is 9.47 Å². The van der Waals surface area contributed by atoms with Gasteiger partial charge in [-0.2, -0.15) is 4.39 Å². The van der Waals surface area contributed by atoms with Gasteiger partial charge < -0.3 is 9.47 Å². The first kappa shape index (κ1) is 5.00. The lowest BCUT2D eigenvalue weighted by molar-refractivity contribution is -0.238. The molecule has 3 heteroatoms. The van der Waals surface area contributed by atoms with Crippen LogP contribution >= 0.6 is 0 Å². The van der Waals surface area contributed by atoms with Crippen LogP contribution < -0.4 is 0 Å². The monoisotopic (exact) mass is 106 g/mol. The van der Waals surface area contributed by atoms with E-state index >= 15 is 0 Å². The minimum absolute atomic E-state index is 0.368. The quantitative estimate of drug-likeness (QED) is 0.452. The molecular weight excluding hydrogens is 99.0 g/mol. The Morgan fingerprint density at radius 1 is 1.43 bits per heavy atom. The Hall–Kier alpha value is -0.150. The Balaban J connectivity index is 2.40. The molecule has 0 aromatic heterocycles. The smallest absolute Gasteiger partial charge is 0.317 e. The molecule has 1 aliphatic heterocycles. The van der Waals surface area contributed by atoms with E-state index in [-0.39, 0.29) is 0 Å². The average Bonchev–Trinajstić information content (AvgIpc) is 1.84. The summed E-state index contributed by atoms with van der Waals surface area (Å²) < 4.78 is 21.1. The fourth-order valence-electron chi connectivity index (χ4n) is 0.490. The van der Waals surface area contributed by atoms with Crippen molar-refractivity contribution in [1.29, 1.82) is 0 Å². The first-order valence-electron chi connectivity index (χ1n) is 2.17. The molecule has 0 amide bonds. The van der Waals surface area contributed by atoms with Gasteiger partial charge in [-0.05, 0) is 0 Å². The summed E-state index contributed by atoms with van der Waals surface area (Å²) in [5.41, 5.74) is 0. The molecular formula is C4H7FO2. The van der Waals surface area contributed by atoms with Crippen LogP contribution in [0, 0.1) is 0 Å². The predicted molar refractivity (Wildman–Crippen MR) is 21.4 cm³/mol. The number of alkyl halides is 1. The molecule has 42 valence electrons. The van der Waals surface area contributed by atoms with Gasteiger partial charge >= 0.3 is 6.04 Å². The molecule has 2 nitrogen and oxygen atoms in total. The van der Waals surface area contributed by atoms with Crippen molar-refractivity contribution in [3.05, 3.63) is 0 Å². The molecule has 0 N–H and O–H groups in total. The number of rotatable bonds is 0. The molecule has 7 heavy (non-hydrogen) atoms. The number of ether oxygens (including phenoxy) is 2. The van der Waals surface area contributed by atoms with Crippen LogP contribution in [0.15, 0.2) is 0 Å². The highest BCUT2D eigenvalue weighted by molar-refractivity contribution is 4.50. The molecule has 0 aromatic carbocycles. The summed E-state index contributed by atoms with van der Waals surface area (Å²) in [6, 6.07) is -1.81. The van der Waals surface area contributed by atoms with Gasteiger partial charge in [-0.3, -0.25) is 0 Å². The zero-order chi connectivity index (χ0) is 5.33. The van der Waals surface area contributed by atoms with Gasteiger partial charge in [0.1, 0.15) is 0 Å². The maximum Gasteiger partial charge on any atom is 0.317 e. The van der Waals surface area contributed by atoms with Crippen molar-refractivity contribution >= 4 is 0 Å². The van der Waals surface area contributed by atoms with Gasteiger partial charge in [0.15, 0.2) is 0 Å². The second-order valence-corrected chi connectivity index (χ2v) is 1.53. The maximum atomic E-state index is 12.2. The molecule has 1 heterocycles. The van der Waals surface area contributed by atoms with Crippen molar-refractivity contribution in [1.82, 2.24) is 0 Å². The van der Waals surface area contributed by atoms with Crippen molar-refractivity contribution in [2.75, 3.05) is 13.2 Å². The third kappa shape index (κ3) is 1.11. The summed E-state index contributed by atoms with van der Waals surface area (Å²) in [4.78, 5) is 0. The zero-order valence-electron chi connectivity index (χ0n) is 4.11. The van der Waals surface area contributed by atoms with Gasteiger partial charge in [-0.15, -0.1) is 0 Å². The van der Waals surface area contributed by atoms with Gasteiger partial charge in [-0.1, -0.05) is 0 Å². The van der Waals surface area contributed by atoms with Crippen LogP contribution in [0.2, 0.25) is 0 Å². The fraction of sp³-hybridized carbons (Fsp3) is 1.00. The Bertz CT molecular complexity index is 64.1. The summed E-state index contributed by atoms with van der Waals surface area (Å²) in [6.45, 7) is 1.99. The van der Waals surface area contributed by atoms with Crippen LogP contribution in [0.4, 0.5) is 4.39 Å². The summed E-state index contributed by atoms with van der Waals surface area (Å²) >= 11 is 0. The van der Waals surface area contributed by atoms with Crippen molar-refractivity contribution in [2.24, 2.45) is 0 Å². The Labute approximate surface area is 41.2 Å². The zero-order valence-corrected chi connectivity index (χ0v) is 4.11. The van der Waals surface area contributed by atoms with Crippen LogP contribution in [0.1, 0.15) is 6.92 Å². The molecule has 1 saturated heterocycles. The normalized spacial score (nSPS) is 28.3. The lowest BCUT2D eigenvalue weighted by atomic mass is 10.7. The van der Waals surface area contributed by atoms with Crippen LogP contribution in [0.25, 0.3) is 0 Å². The minimum atomic E-state index is -1.81. The number of hydrogen-bond acceptors (Lipinski definition) is 2. The van der Waals surface area contributed by atoms with Gasteiger partial charge in [-0.25, -0.2) is 0 Å². The minimum Gasteiger partial charge on any atom is -0.322 e. The van der Waals surface area contributed by atoms with Crippen LogP contribution in [0.3, 0.4) is 0 Å². The van der Waals surface area contributed by atoms with E-state index in [1.54, 1.807) is 0 Å². The Morgan fingerprint density at radius 2 is 1.86 bits per heavy atom. The molecule has 0 aromatic rings. The molecule has 1 aliphatic rings. The summed E-state index contributed by atoms with van der Waals surface area (Å²) in [7, 11) is 0. The van der Waals surface area contributed by atoms with E-state index in [1.807, 2.05) is 0 Å². The topological polar surface area (TPSA) is 18.5 Å². The van der Waals surface area contributed by atoms with Crippen molar-refractivity contribution < 1.29 is 13.9 Å². The second-order valence-electron chi connectivity index (χ2n) is 1.53. The van der Waals surface area contributed by atoms with E-state index in [4.69, 9.17) is 0 Å². The lowest BCUT2D eigenvalue weighted by Crippen LogP contribution is -2.16. The third-order valence-electron chi connectivity index (χ3n) is 0.803. The van der Waals surface area contributed by atoms with E-state index in [9.17, 15) is 4.39 Å². The molecule has 0 saturated carbocycles. The highest BCUT2D eigenvalue weighted by atomic mass is 19.2. The summed E-state index contributed by atoms with van der Waals surface area (Å²) in [5.74, 6) is 0. The molecule has 0 spiro atoms. The third-order valence-corrected chi connectivity index (χ3v) is 0.803. The molecule has 0 bridgehead atoms. The van der Waals surface area contributed by atoms with Gasteiger partial charge in [0.2, 0.25) is 0 Å². The average molecular weight is 106 g/mol. The first-order valence-corrected chi connectivity index (χ1v) is 2.17. The van der Waals surface area contributed by atoms with Crippen LogP contribution in [-0.4, -0.2) is 19.3 Å². The molecule has 0 atom stereocenters. The SMILES string of the molecule is CC1(F)OCCO1. The second kappa shape index (κ2) is 1.42. The summed E-state index contributed by atoms with van der Waals surface area (Å²) in [6.07, 6.45) is 0.